The van der Waals surface area contributed by atoms with E-state index >= 15 is 0 Å². The monoisotopic (exact) mass is 178 g/mol. The van der Waals surface area contributed by atoms with E-state index in [2.05, 4.69) is 6.26 Å². The maximum absolute atomic E-state index is 8.92. The highest BCUT2D eigenvalue weighted by atomic mass is 32.2. The number of hydrogen-bond donors (Lipinski definition) is 2. The summed E-state index contributed by atoms with van der Waals surface area (Å²) in [6.07, 6.45) is 4.04. The minimum absolute atomic E-state index is 0.0812. The SMILES string of the molecule is CSCCCC(C)(CO)CO. The van der Waals surface area contributed by atoms with Crippen molar-refractivity contribution in [3.63, 3.8) is 0 Å². The second-order valence-electron chi connectivity index (χ2n) is 3.22. The van der Waals surface area contributed by atoms with Crippen molar-refractivity contribution < 1.29 is 10.2 Å². The lowest BCUT2D eigenvalue weighted by Gasteiger charge is -2.23. The third-order valence-electron chi connectivity index (χ3n) is 1.89. The maximum Gasteiger partial charge on any atom is 0.0506 e. The summed E-state index contributed by atoms with van der Waals surface area (Å²) in [5, 5.41) is 17.8. The molecule has 0 saturated heterocycles. The molecule has 0 aliphatic heterocycles. The van der Waals surface area contributed by atoms with Crippen LogP contribution in [0.1, 0.15) is 19.8 Å². The van der Waals surface area contributed by atoms with E-state index in [1.54, 1.807) is 11.8 Å². The van der Waals surface area contributed by atoms with Crippen molar-refractivity contribution >= 4 is 11.8 Å². The smallest absolute Gasteiger partial charge is 0.0506 e. The number of aliphatic hydroxyl groups is 2. The minimum atomic E-state index is -0.268. The average Bonchev–Trinajstić information content (AvgIpc) is 2.05. The number of aliphatic hydroxyl groups excluding tert-OH is 2. The highest BCUT2D eigenvalue weighted by Crippen LogP contribution is 2.22. The van der Waals surface area contributed by atoms with Crippen molar-refractivity contribution in [1.82, 2.24) is 0 Å². The first kappa shape index (κ1) is 11.3. The standard InChI is InChI=1S/C8H18O2S/c1-8(6-9,7-10)4-3-5-11-2/h9-10H,3-7H2,1-2H3. The van der Waals surface area contributed by atoms with E-state index in [4.69, 9.17) is 10.2 Å². The molecule has 0 fully saturated rings. The van der Waals surface area contributed by atoms with Gasteiger partial charge in [-0.3, -0.25) is 0 Å². The zero-order valence-electron chi connectivity index (χ0n) is 7.34. The molecule has 0 aromatic carbocycles. The lowest BCUT2D eigenvalue weighted by Crippen LogP contribution is -2.25. The van der Waals surface area contributed by atoms with Crippen LogP contribution in [-0.4, -0.2) is 35.4 Å². The summed E-state index contributed by atoms with van der Waals surface area (Å²) in [7, 11) is 0. The van der Waals surface area contributed by atoms with Crippen LogP contribution in [0.3, 0.4) is 0 Å². The Morgan fingerprint density at radius 1 is 1.27 bits per heavy atom. The Morgan fingerprint density at radius 3 is 2.18 bits per heavy atom. The van der Waals surface area contributed by atoms with Gasteiger partial charge in [0.05, 0.1) is 13.2 Å². The Hall–Kier alpha value is 0.270. The van der Waals surface area contributed by atoms with Crippen LogP contribution in [0, 0.1) is 5.41 Å². The van der Waals surface area contributed by atoms with Crippen molar-refractivity contribution in [2.45, 2.75) is 19.8 Å². The Kier molecular flexibility index (Phi) is 6.01. The molecule has 0 aliphatic carbocycles. The molecule has 0 heterocycles. The summed E-state index contributed by atoms with van der Waals surface area (Å²) in [4.78, 5) is 0. The lowest BCUT2D eigenvalue weighted by atomic mass is 9.88. The van der Waals surface area contributed by atoms with Crippen LogP contribution in [0.15, 0.2) is 0 Å². The first-order valence-corrected chi connectivity index (χ1v) is 5.28. The molecule has 0 spiro atoms. The molecule has 0 aromatic heterocycles. The second-order valence-corrected chi connectivity index (χ2v) is 4.21. The van der Waals surface area contributed by atoms with Gasteiger partial charge < -0.3 is 10.2 Å². The highest BCUT2D eigenvalue weighted by molar-refractivity contribution is 7.98. The van der Waals surface area contributed by atoms with Crippen LogP contribution < -0.4 is 0 Å². The molecule has 0 atom stereocenters. The fraction of sp³-hybridized carbons (Fsp3) is 1.00. The highest BCUT2D eigenvalue weighted by Gasteiger charge is 2.21. The summed E-state index contributed by atoms with van der Waals surface area (Å²) in [6, 6.07) is 0. The van der Waals surface area contributed by atoms with Gasteiger partial charge in [-0.1, -0.05) is 6.92 Å². The van der Waals surface area contributed by atoms with Gasteiger partial charge in [-0.15, -0.1) is 0 Å². The van der Waals surface area contributed by atoms with Crippen molar-refractivity contribution in [3.05, 3.63) is 0 Å². The third kappa shape index (κ3) is 4.67. The molecule has 2 nitrogen and oxygen atoms in total. The molecule has 11 heavy (non-hydrogen) atoms. The van der Waals surface area contributed by atoms with E-state index in [1.807, 2.05) is 6.92 Å². The molecule has 68 valence electrons. The molecule has 3 heteroatoms. The van der Waals surface area contributed by atoms with Crippen LogP contribution >= 0.6 is 11.8 Å². The van der Waals surface area contributed by atoms with Crippen molar-refractivity contribution in [2.24, 2.45) is 5.41 Å². The molecular formula is C8H18O2S. The van der Waals surface area contributed by atoms with Crippen LogP contribution in [0.2, 0.25) is 0 Å². The number of thioether (sulfide) groups is 1. The van der Waals surface area contributed by atoms with E-state index < -0.39 is 0 Å². The van der Waals surface area contributed by atoms with Gasteiger partial charge in [0.2, 0.25) is 0 Å². The van der Waals surface area contributed by atoms with Crippen LogP contribution in [0.4, 0.5) is 0 Å². The van der Waals surface area contributed by atoms with Crippen LogP contribution in [0.5, 0.6) is 0 Å². The Morgan fingerprint density at radius 2 is 1.82 bits per heavy atom. The zero-order valence-corrected chi connectivity index (χ0v) is 8.15. The molecule has 0 aliphatic rings. The topological polar surface area (TPSA) is 40.5 Å². The van der Waals surface area contributed by atoms with Gasteiger partial charge in [0.1, 0.15) is 0 Å². The van der Waals surface area contributed by atoms with Gasteiger partial charge >= 0.3 is 0 Å². The van der Waals surface area contributed by atoms with Gasteiger partial charge in [-0.2, -0.15) is 11.8 Å². The van der Waals surface area contributed by atoms with E-state index in [9.17, 15) is 0 Å². The largest absolute Gasteiger partial charge is 0.396 e. The molecule has 0 saturated carbocycles. The van der Waals surface area contributed by atoms with E-state index in [1.165, 1.54) is 0 Å². The molecule has 0 unspecified atom stereocenters. The second kappa shape index (κ2) is 5.86. The first-order chi connectivity index (χ1) is 5.18. The van der Waals surface area contributed by atoms with Gasteiger partial charge in [0.25, 0.3) is 0 Å². The minimum Gasteiger partial charge on any atom is -0.396 e. The Labute approximate surface area is 73.0 Å². The molecule has 0 amide bonds. The predicted molar refractivity (Wildman–Crippen MR) is 49.9 cm³/mol. The summed E-state index contributed by atoms with van der Waals surface area (Å²) in [5.74, 6) is 1.11. The fourth-order valence-electron chi connectivity index (χ4n) is 0.851. The Bertz CT molecular complexity index is 92.1. The summed E-state index contributed by atoms with van der Waals surface area (Å²) >= 11 is 1.80. The van der Waals surface area contributed by atoms with Crippen molar-refractivity contribution in [1.29, 1.82) is 0 Å². The number of hydrogen-bond acceptors (Lipinski definition) is 3. The normalized spacial score (nSPS) is 12.0. The van der Waals surface area contributed by atoms with Crippen molar-refractivity contribution in [3.8, 4) is 0 Å². The van der Waals surface area contributed by atoms with Gasteiger partial charge in [-0.25, -0.2) is 0 Å². The average molecular weight is 178 g/mol. The zero-order chi connectivity index (χ0) is 8.74. The van der Waals surface area contributed by atoms with E-state index in [0.29, 0.717) is 0 Å². The molecule has 0 radical (unpaired) electrons. The van der Waals surface area contributed by atoms with E-state index in [0.717, 1.165) is 18.6 Å². The third-order valence-corrected chi connectivity index (χ3v) is 2.59. The predicted octanol–water partition coefficient (Wildman–Crippen LogP) is 1.12. The molecule has 0 rings (SSSR count). The molecular weight excluding hydrogens is 160 g/mol. The quantitative estimate of drug-likeness (QED) is 0.599. The summed E-state index contributed by atoms with van der Waals surface area (Å²) in [6.45, 7) is 2.07. The molecule has 2 N–H and O–H groups in total. The van der Waals surface area contributed by atoms with Crippen molar-refractivity contribution in [2.75, 3.05) is 25.2 Å². The van der Waals surface area contributed by atoms with E-state index in [-0.39, 0.29) is 18.6 Å². The van der Waals surface area contributed by atoms with Gasteiger partial charge in [0, 0.05) is 5.41 Å². The van der Waals surface area contributed by atoms with Crippen LogP contribution in [0.25, 0.3) is 0 Å². The number of rotatable bonds is 6. The Balaban J connectivity index is 3.51. The van der Waals surface area contributed by atoms with Gasteiger partial charge in [0.15, 0.2) is 0 Å². The molecule has 0 bridgehead atoms. The summed E-state index contributed by atoms with van der Waals surface area (Å²) < 4.78 is 0. The lowest BCUT2D eigenvalue weighted by molar-refractivity contribution is 0.0625. The molecule has 0 aromatic rings. The van der Waals surface area contributed by atoms with Crippen LogP contribution in [-0.2, 0) is 0 Å². The summed E-state index contributed by atoms with van der Waals surface area (Å²) in [5.41, 5.74) is -0.268. The maximum atomic E-state index is 8.92. The van der Waals surface area contributed by atoms with Gasteiger partial charge in [-0.05, 0) is 24.9 Å². The fourth-order valence-corrected chi connectivity index (χ4v) is 1.28. The first-order valence-electron chi connectivity index (χ1n) is 3.89.